The van der Waals surface area contributed by atoms with E-state index in [1.807, 2.05) is 0 Å². The summed E-state index contributed by atoms with van der Waals surface area (Å²) in [6, 6.07) is 3.54. The third-order valence-electron chi connectivity index (χ3n) is 6.79. The van der Waals surface area contributed by atoms with Crippen LogP contribution in [-0.2, 0) is 23.8 Å². The van der Waals surface area contributed by atoms with Gasteiger partial charge in [-0.1, -0.05) is 0 Å². The van der Waals surface area contributed by atoms with Gasteiger partial charge in [0.2, 0.25) is 5.28 Å². The molecule has 2 aromatic rings. The number of likely N-dealkylation sites (tertiary alicyclic amines) is 1. The summed E-state index contributed by atoms with van der Waals surface area (Å²) in [7, 11) is 0. The SMILES string of the molecule is C[C@@H](Nc1nc(Cl)nc2c1CC(N1CC3(COC3)C1)CC2)c1cc(N)cc(C(F)(F)F)c1. The Hall–Kier alpha value is -2.10. The Morgan fingerprint density at radius 3 is 2.66 bits per heavy atom. The first-order chi connectivity index (χ1) is 15.1. The monoisotopic (exact) mass is 467 g/mol. The van der Waals surface area contributed by atoms with Crippen molar-refractivity contribution in [1.82, 2.24) is 14.9 Å². The lowest BCUT2D eigenvalue weighted by Gasteiger charge is -2.58. The summed E-state index contributed by atoms with van der Waals surface area (Å²) in [6.45, 7) is 5.56. The Balaban J connectivity index is 1.37. The van der Waals surface area contributed by atoms with Crippen molar-refractivity contribution in [3.63, 3.8) is 0 Å². The average Bonchev–Trinajstić information content (AvgIpc) is 2.64. The van der Waals surface area contributed by atoms with E-state index in [9.17, 15) is 13.2 Å². The van der Waals surface area contributed by atoms with E-state index in [1.54, 1.807) is 13.0 Å². The number of anilines is 2. The predicted molar refractivity (Wildman–Crippen MR) is 116 cm³/mol. The third-order valence-corrected chi connectivity index (χ3v) is 6.96. The summed E-state index contributed by atoms with van der Waals surface area (Å²) >= 11 is 6.17. The van der Waals surface area contributed by atoms with Crippen molar-refractivity contribution in [2.24, 2.45) is 5.41 Å². The van der Waals surface area contributed by atoms with Crippen LogP contribution in [0.3, 0.4) is 0 Å². The Kier molecular flexibility index (Phi) is 5.26. The second kappa shape index (κ2) is 7.74. The van der Waals surface area contributed by atoms with Gasteiger partial charge in [-0.15, -0.1) is 0 Å². The van der Waals surface area contributed by atoms with Gasteiger partial charge in [0.05, 0.1) is 30.5 Å². The molecule has 5 rings (SSSR count). The molecule has 6 nitrogen and oxygen atoms in total. The smallest absolute Gasteiger partial charge is 0.399 e. The average molecular weight is 468 g/mol. The number of nitrogens with one attached hydrogen (secondary N) is 1. The Bertz CT molecular complexity index is 1030. The molecule has 1 unspecified atom stereocenters. The van der Waals surface area contributed by atoms with Gasteiger partial charge < -0.3 is 15.8 Å². The zero-order valence-corrected chi connectivity index (χ0v) is 18.4. The van der Waals surface area contributed by atoms with E-state index < -0.39 is 17.8 Å². The maximum atomic E-state index is 13.2. The highest BCUT2D eigenvalue weighted by atomic mass is 35.5. The molecular weight excluding hydrogens is 443 g/mol. The van der Waals surface area contributed by atoms with Gasteiger partial charge in [-0.25, -0.2) is 9.97 Å². The van der Waals surface area contributed by atoms with Crippen LogP contribution in [0.2, 0.25) is 5.28 Å². The van der Waals surface area contributed by atoms with Crippen molar-refractivity contribution in [3.8, 4) is 0 Å². The number of alkyl halides is 3. The lowest BCUT2D eigenvalue weighted by atomic mass is 9.75. The highest BCUT2D eigenvalue weighted by molar-refractivity contribution is 6.28. The van der Waals surface area contributed by atoms with E-state index in [0.717, 1.165) is 69.0 Å². The fourth-order valence-electron chi connectivity index (χ4n) is 5.02. The van der Waals surface area contributed by atoms with Gasteiger partial charge in [-0.05, 0) is 61.5 Å². The zero-order chi connectivity index (χ0) is 22.7. The quantitative estimate of drug-likeness (QED) is 0.521. The van der Waals surface area contributed by atoms with E-state index in [0.29, 0.717) is 22.8 Å². The van der Waals surface area contributed by atoms with Gasteiger partial charge in [-0.3, -0.25) is 4.90 Å². The lowest BCUT2D eigenvalue weighted by molar-refractivity contribution is -0.199. The Labute approximate surface area is 189 Å². The van der Waals surface area contributed by atoms with E-state index >= 15 is 0 Å². The molecule has 32 heavy (non-hydrogen) atoms. The molecule has 3 aliphatic rings. The number of aromatic nitrogens is 2. The zero-order valence-electron chi connectivity index (χ0n) is 17.7. The van der Waals surface area contributed by atoms with Crippen molar-refractivity contribution in [1.29, 1.82) is 0 Å². The van der Waals surface area contributed by atoms with E-state index in [-0.39, 0.29) is 11.0 Å². The number of hydrogen-bond donors (Lipinski definition) is 2. The molecule has 0 saturated carbocycles. The van der Waals surface area contributed by atoms with Crippen LogP contribution >= 0.6 is 11.6 Å². The van der Waals surface area contributed by atoms with Crippen LogP contribution in [0.4, 0.5) is 24.7 Å². The first-order valence-corrected chi connectivity index (χ1v) is 11.1. The van der Waals surface area contributed by atoms with Crippen LogP contribution in [0, 0.1) is 5.41 Å². The number of nitrogen functional groups attached to an aromatic ring is 1. The van der Waals surface area contributed by atoms with Gasteiger partial charge in [0, 0.05) is 35.8 Å². The highest BCUT2D eigenvalue weighted by Gasteiger charge is 2.51. The molecule has 3 N–H and O–H groups in total. The molecule has 2 saturated heterocycles. The van der Waals surface area contributed by atoms with Crippen LogP contribution in [0.25, 0.3) is 0 Å². The van der Waals surface area contributed by atoms with Crippen LogP contribution in [-0.4, -0.2) is 47.2 Å². The van der Waals surface area contributed by atoms with Crippen molar-refractivity contribution in [3.05, 3.63) is 45.9 Å². The van der Waals surface area contributed by atoms with Gasteiger partial charge in [-0.2, -0.15) is 13.2 Å². The normalized spacial score (nSPS) is 23.2. The number of hydrogen-bond acceptors (Lipinski definition) is 6. The summed E-state index contributed by atoms with van der Waals surface area (Å²) in [4.78, 5) is 11.3. The molecular formula is C22H25ClF3N5O. The van der Waals surface area contributed by atoms with Crippen molar-refractivity contribution < 1.29 is 17.9 Å². The van der Waals surface area contributed by atoms with Gasteiger partial charge in [0.25, 0.3) is 0 Å². The second-order valence-corrected chi connectivity index (χ2v) is 9.65. The van der Waals surface area contributed by atoms with E-state index in [2.05, 4.69) is 20.2 Å². The van der Waals surface area contributed by atoms with Gasteiger partial charge in [0.1, 0.15) is 5.82 Å². The van der Waals surface area contributed by atoms with Crippen LogP contribution < -0.4 is 11.1 Å². The molecule has 2 atom stereocenters. The summed E-state index contributed by atoms with van der Waals surface area (Å²) in [5.41, 5.74) is 7.71. The number of benzene rings is 1. The minimum Gasteiger partial charge on any atom is -0.399 e. The maximum Gasteiger partial charge on any atom is 0.416 e. The predicted octanol–water partition coefficient (Wildman–Crippen LogP) is 4.09. The molecule has 3 heterocycles. The summed E-state index contributed by atoms with van der Waals surface area (Å²) in [5.74, 6) is 0.579. The highest BCUT2D eigenvalue weighted by Crippen LogP contribution is 2.41. The minimum absolute atomic E-state index is 0.0676. The number of nitrogens with zero attached hydrogens (tertiary/aromatic N) is 3. The largest absolute Gasteiger partial charge is 0.416 e. The number of halogens is 4. The van der Waals surface area contributed by atoms with Crippen molar-refractivity contribution in [2.45, 2.75) is 44.4 Å². The molecule has 2 fully saturated rings. The molecule has 0 radical (unpaired) electrons. The third kappa shape index (κ3) is 4.02. The number of fused-ring (bicyclic) bond motifs is 1. The van der Waals surface area contributed by atoms with Gasteiger partial charge in [0.15, 0.2) is 0 Å². The minimum atomic E-state index is -4.46. The molecule has 1 aliphatic carbocycles. The lowest BCUT2D eigenvalue weighted by Crippen LogP contribution is -2.68. The first-order valence-electron chi connectivity index (χ1n) is 10.7. The van der Waals surface area contributed by atoms with Crippen molar-refractivity contribution >= 4 is 23.1 Å². The molecule has 0 amide bonds. The number of nitrogens with two attached hydrogens (primary N) is 1. The number of aryl methyl sites for hydroxylation is 1. The van der Waals surface area contributed by atoms with Gasteiger partial charge >= 0.3 is 6.18 Å². The first kappa shape index (κ1) is 21.7. The summed E-state index contributed by atoms with van der Waals surface area (Å²) in [6.07, 6.45) is -1.89. The number of rotatable bonds is 4. The second-order valence-electron chi connectivity index (χ2n) is 9.31. The van der Waals surface area contributed by atoms with Crippen LogP contribution in [0.5, 0.6) is 0 Å². The summed E-state index contributed by atoms with van der Waals surface area (Å²) in [5, 5.41) is 3.40. The number of ether oxygens (including phenoxy) is 1. The molecule has 1 aromatic carbocycles. The molecule has 2 aliphatic heterocycles. The van der Waals surface area contributed by atoms with E-state index in [1.165, 1.54) is 0 Å². The molecule has 10 heteroatoms. The summed E-state index contributed by atoms with van der Waals surface area (Å²) < 4.78 is 45.1. The maximum absolute atomic E-state index is 13.2. The fraction of sp³-hybridized carbons (Fsp3) is 0.545. The molecule has 1 spiro atoms. The Morgan fingerprint density at radius 1 is 1.25 bits per heavy atom. The van der Waals surface area contributed by atoms with Crippen LogP contribution in [0.1, 0.15) is 41.8 Å². The molecule has 172 valence electrons. The Morgan fingerprint density at radius 2 is 2.00 bits per heavy atom. The molecule has 1 aromatic heterocycles. The topological polar surface area (TPSA) is 76.3 Å². The van der Waals surface area contributed by atoms with Crippen molar-refractivity contribution in [2.75, 3.05) is 37.4 Å². The van der Waals surface area contributed by atoms with E-state index in [4.69, 9.17) is 22.1 Å². The van der Waals surface area contributed by atoms with Crippen LogP contribution in [0.15, 0.2) is 18.2 Å². The molecule has 0 bridgehead atoms. The standard InChI is InChI=1S/C22H25ClF3N5O/c1-12(13-4-14(22(24,25)26)6-15(27)5-13)28-19-17-7-16(2-3-18(17)29-20(23)30-19)31-8-21(9-31)10-32-11-21/h4-6,12,16H,2-3,7-11,27H2,1H3,(H,28,29,30)/t12-,16?/m1/s1. The fourth-order valence-corrected chi connectivity index (χ4v) is 5.21.